The maximum absolute atomic E-state index is 12.3. The molecule has 0 saturated carbocycles. The van der Waals surface area contributed by atoms with Gasteiger partial charge in [0.1, 0.15) is 5.82 Å². The van der Waals surface area contributed by atoms with Crippen LogP contribution in [0.15, 0.2) is 30.5 Å². The molecule has 6 heteroatoms. The van der Waals surface area contributed by atoms with Crippen molar-refractivity contribution < 1.29 is 4.79 Å². The highest BCUT2D eigenvalue weighted by Crippen LogP contribution is 2.29. The number of amides is 1. The van der Waals surface area contributed by atoms with Gasteiger partial charge < -0.3 is 10.6 Å². The van der Waals surface area contributed by atoms with Crippen LogP contribution in [0.4, 0.5) is 11.5 Å². The Kier molecular flexibility index (Phi) is 5.04. The number of benzene rings is 1. The maximum Gasteiger partial charge on any atom is 0.255 e. The molecule has 0 spiro atoms. The predicted molar refractivity (Wildman–Crippen MR) is 87.6 cm³/mol. The van der Waals surface area contributed by atoms with Gasteiger partial charge in [0.25, 0.3) is 5.91 Å². The second kappa shape index (κ2) is 6.78. The zero-order valence-corrected chi connectivity index (χ0v) is 13.2. The third kappa shape index (κ3) is 3.86. The number of aromatic nitrogens is 1. The van der Waals surface area contributed by atoms with Crippen LogP contribution in [0.25, 0.3) is 0 Å². The predicted octanol–water partition coefficient (Wildman–Crippen LogP) is 4.38. The van der Waals surface area contributed by atoms with E-state index in [2.05, 4.69) is 15.6 Å². The van der Waals surface area contributed by atoms with Gasteiger partial charge in [0.2, 0.25) is 0 Å². The minimum atomic E-state index is -0.265. The fourth-order valence-corrected chi connectivity index (χ4v) is 2.22. The monoisotopic (exact) mass is 323 g/mol. The Balaban J connectivity index is 2.22. The van der Waals surface area contributed by atoms with Crippen LogP contribution in [-0.2, 0) is 0 Å². The fraction of sp³-hybridized carbons (Fsp3) is 0.200. The molecule has 1 amide bonds. The molecule has 0 saturated heterocycles. The van der Waals surface area contributed by atoms with E-state index < -0.39 is 0 Å². The second-order valence-corrected chi connectivity index (χ2v) is 5.31. The summed E-state index contributed by atoms with van der Waals surface area (Å²) < 4.78 is 0. The average Bonchev–Trinajstić information content (AvgIpc) is 2.45. The Labute approximate surface area is 133 Å². The van der Waals surface area contributed by atoms with E-state index in [1.54, 1.807) is 30.5 Å². The number of aryl methyl sites for hydroxylation is 1. The molecule has 2 aromatic rings. The molecule has 0 unspecified atom stereocenters. The van der Waals surface area contributed by atoms with Crippen LogP contribution in [0.3, 0.4) is 0 Å². The van der Waals surface area contributed by atoms with Gasteiger partial charge >= 0.3 is 0 Å². The zero-order valence-electron chi connectivity index (χ0n) is 11.7. The van der Waals surface area contributed by atoms with E-state index in [0.29, 0.717) is 27.1 Å². The molecule has 1 aromatic carbocycles. The molecule has 0 radical (unpaired) electrons. The van der Waals surface area contributed by atoms with Crippen molar-refractivity contribution in [2.45, 2.75) is 13.8 Å². The van der Waals surface area contributed by atoms with Crippen molar-refractivity contribution in [1.82, 2.24) is 4.98 Å². The zero-order chi connectivity index (χ0) is 15.4. The first-order valence-electron chi connectivity index (χ1n) is 6.48. The summed E-state index contributed by atoms with van der Waals surface area (Å²) in [5.74, 6) is 0.386. The number of halogens is 2. The van der Waals surface area contributed by atoms with Gasteiger partial charge in [-0.25, -0.2) is 4.98 Å². The van der Waals surface area contributed by atoms with Crippen LogP contribution < -0.4 is 10.6 Å². The molecule has 1 aromatic heterocycles. The van der Waals surface area contributed by atoms with Gasteiger partial charge in [0.05, 0.1) is 10.7 Å². The lowest BCUT2D eigenvalue weighted by Crippen LogP contribution is -2.13. The minimum absolute atomic E-state index is 0.265. The van der Waals surface area contributed by atoms with Gasteiger partial charge in [0, 0.05) is 23.3 Å². The molecule has 0 bridgehead atoms. The molecule has 4 nitrogen and oxygen atoms in total. The largest absolute Gasteiger partial charge is 0.370 e. The first-order valence-corrected chi connectivity index (χ1v) is 7.23. The molecule has 0 fully saturated rings. The van der Waals surface area contributed by atoms with Crippen molar-refractivity contribution in [3.8, 4) is 0 Å². The van der Waals surface area contributed by atoms with Gasteiger partial charge in [-0.15, -0.1) is 0 Å². The number of hydrogen-bond acceptors (Lipinski definition) is 3. The van der Waals surface area contributed by atoms with E-state index >= 15 is 0 Å². The number of carbonyl (C=O) groups excluding carboxylic acids is 1. The molecule has 21 heavy (non-hydrogen) atoms. The number of rotatable bonds is 4. The van der Waals surface area contributed by atoms with Crippen LogP contribution in [0.2, 0.25) is 10.0 Å². The van der Waals surface area contributed by atoms with Crippen LogP contribution in [0.5, 0.6) is 0 Å². The van der Waals surface area contributed by atoms with Gasteiger partial charge in [-0.05, 0) is 43.7 Å². The van der Waals surface area contributed by atoms with Crippen molar-refractivity contribution in [2.24, 2.45) is 0 Å². The summed E-state index contributed by atoms with van der Waals surface area (Å²) in [5.41, 5.74) is 1.84. The van der Waals surface area contributed by atoms with Gasteiger partial charge in [-0.1, -0.05) is 23.2 Å². The average molecular weight is 324 g/mol. The van der Waals surface area contributed by atoms with Crippen LogP contribution in [0.1, 0.15) is 22.8 Å². The third-order valence-corrected chi connectivity index (χ3v) is 3.60. The lowest BCUT2D eigenvalue weighted by atomic mass is 10.2. The highest BCUT2D eigenvalue weighted by molar-refractivity contribution is 6.36. The lowest BCUT2D eigenvalue weighted by molar-refractivity contribution is 0.102. The second-order valence-electron chi connectivity index (χ2n) is 4.50. The van der Waals surface area contributed by atoms with E-state index in [1.165, 1.54) is 0 Å². The number of anilines is 2. The maximum atomic E-state index is 12.3. The van der Waals surface area contributed by atoms with Crippen molar-refractivity contribution in [3.63, 3.8) is 0 Å². The number of carbonyl (C=O) groups is 1. The first-order chi connectivity index (χ1) is 10.0. The highest BCUT2D eigenvalue weighted by Gasteiger charge is 2.11. The Bertz CT molecular complexity index is 674. The van der Waals surface area contributed by atoms with Crippen molar-refractivity contribution >= 4 is 40.6 Å². The summed E-state index contributed by atoms with van der Waals surface area (Å²) in [6.07, 6.45) is 1.58. The van der Waals surface area contributed by atoms with Crippen LogP contribution in [-0.4, -0.2) is 17.4 Å². The molecule has 0 aliphatic rings. The number of pyridine rings is 1. The molecule has 2 rings (SSSR count). The Morgan fingerprint density at radius 1 is 1.24 bits per heavy atom. The van der Waals surface area contributed by atoms with Crippen LogP contribution in [0, 0.1) is 6.92 Å². The highest BCUT2D eigenvalue weighted by atomic mass is 35.5. The van der Waals surface area contributed by atoms with Crippen molar-refractivity contribution in [2.75, 3.05) is 17.2 Å². The molecule has 0 aliphatic carbocycles. The van der Waals surface area contributed by atoms with Gasteiger partial charge in [0.15, 0.2) is 0 Å². The molecule has 0 aliphatic heterocycles. The SMILES string of the molecule is CCNc1cc(C(=O)Nc2cc(Cl)c(C)cc2Cl)ccn1. The van der Waals surface area contributed by atoms with Crippen molar-refractivity contribution in [1.29, 1.82) is 0 Å². The standard InChI is InChI=1S/C15H15Cl2N3O/c1-3-18-14-7-10(4-5-19-14)15(21)20-13-8-11(16)9(2)6-12(13)17/h4-8H,3H2,1-2H3,(H,18,19)(H,20,21). The normalized spacial score (nSPS) is 10.3. The molecule has 0 atom stereocenters. The summed E-state index contributed by atoms with van der Waals surface area (Å²) in [7, 11) is 0. The van der Waals surface area contributed by atoms with E-state index in [-0.39, 0.29) is 5.91 Å². The van der Waals surface area contributed by atoms with E-state index in [0.717, 1.165) is 12.1 Å². The van der Waals surface area contributed by atoms with E-state index in [4.69, 9.17) is 23.2 Å². The number of nitrogens with zero attached hydrogens (tertiary/aromatic N) is 1. The quantitative estimate of drug-likeness (QED) is 0.877. The Morgan fingerprint density at radius 3 is 2.71 bits per heavy atom. The topological polar surface area (TPSA) is 54.0 Å². The van der Waals surface area contributed by atoms with Crippen LogP contribution >= 0.6 is 23.2 Å². The lowest BCUT2D eigenvalue weighted by Gasteiger charge is -2.10. The van der Waals surface area contributed by atoms with E-state index in [1.807, 2.05) is 13.8 Å². The summed E-state index contributed by atoms with van der Waals surface area (Å²) >= 11 is 12.2. The smallest absolute Gasteiger partial charge is 0.255 e. The molecule has 110 valence electrons. The fourth-order valence-electron chi connectivity index (χ4n) is 1.79. The molecule has 1 heterocycles. The Hall–Kier alpha value is -1.78. The van der Waals surface area contributed by atoms with Gasteiger partial charge in [-0.3, -0.25) is 4.79 Å². The first kappa shape index (κ1) is 15.6. The minimum Gasteiger partial charge on any atom is -0.370 e. The summed E-state index contributed by atoms with van der Waals surface area (Å²) in [6, 6.07) is 6.68. The molecule has 2 N–H and O–H groups in total. The summed E-state index contributed by atoms with van der Waals surface area (Å²) in [5, 5.41) is 6.81. The summed E-state index contributed by atoms with van der Waals surface area (Å²) in [6.45, 7) is 4.55. The van der Waals surface area contributed by atoms with Gasteiger partial charge in [-0.2, -0.15) is 0 Å². The van der Waals surface area contributed by atoms with E-state index in [9.17, 15) is 4.79 Å². The summed E-state index contributed by atoms with van der Waals surface area (Å²) in [4.78, 5) is 16.4. The number of nitrogens with one attached hydrogen (secondary N) is 2. The Morgan fingerprint density at radius 2 is 2.00 bits per heavy atom. The third-order valence-electron chi connectivity index (χ3n) is 2.88. The molecular formula is C15H15Cl2N3O. The molecular weight excluding hydrogens is 309 g/mol. The number of hydrogen-bond donors (Lipinski definition) is 2. The van der Waals surface area contributed by atoms with Crippen molar-refractivity contribution in [3.05, 3.63) is 51.6 Å².